The number of nitrogens with zero attached hydrogens (tertiary/aromatic N) is 3. The number of likely N-dealkylation sites (N-methyl/N-ethyl adjacent to an activating group) is 1. The van der Waals surface area contributed by atoms with Crippen molar-refractivity contribution in [3.05, 3.63) is 62.6 Å². The first-order chi connectivity index (χ1) is 11.4. The number of aromatic nitrogens is 3. The van der Waals surface area contributed by atoms with Crippen LogP contribution < -0.4 is 11.1 Å². The summed E-state index contributed by atoms with van der Waals surface area (Å²) in [5.41, 5.74) is 1.21. The molecule has 0 bridgehead atoms. The number of hydrogen-bond donors (Lipinski definition) is 1. The minimum atomic E-state index is -0.373. The minimum absolute atomic E-state index is 0.158. The van der Waals surface area contributed by atoms with Gasteiger partial charge in [0, 0.05) is 24.8 Å². The van der Waals surface area contributed by atoms with Gasteiger partial charge in [-0.1, -0.05) is 0 Å². The molecular formula is C17H19FN4O2. The van der Waals surface area contributed by atoms with Gasteiger partial charge in [0.2, 0.25) is 0 Å². The van der Waals surface area contributed by atoms with Crippen LogP contribution in [0, 0.1) is 12.7 Å². The molecule has 0 spiro atoms. The average Bonchev–Trinajstić information content (AvgIpc) is 2.84. The van der Waals surface area contributed by atoms with Crippen molar-refractivity contribution in [1.82, 2.24) is 19.2 Å². The van der Waals surface area contributed by atoms with E-state index in [9.17, 15) is 14.0 Å². The molecule has 0 atom stereocenters. The van der Waals surface area contributed by atoms with Crippen molar-refractivity contribution in [3.8, 4) is 5.69 Å². The second-order valence-corrected chi connectivity index (χ2v) is 6.04. The van der Waals surface area contributed by atoms with Crippen molar-refractivity contribution in [3.63, 3.8) is 0 Å². The third kappa shape index (κ3) is 2.78. The van der Waals surface area contributed by atoms with Gasteiger partial charge in [-0.15, -0.1) is 0 Å². The van der Waals surface area contributed by atoms with Crippen LogP contribution in [-0.2, 0) is 6.54 Å². The molecule has 1 aromatic carbocycles. The smallest absolute Gasteiger partial charge is 0.280 e. The van der Waals surface area contributed by atoms with Gasteiger partial charge in [0.1, 0.15) is 5.82 Å². The summed E-state index contributed by atoms with van der Waals surface area (Å²) in [6, 6.07) is 7.03. The summed E-state index contributed by atoms with van der Waals surface area (Å²) in [6.07, 6.45) is 0. The average molecular weight is 330 g/mol. The van der Waals surface area contributed by atoms with E-state index in [4.69, 9.17) is 0 Å². The molecule has 3 rings (SSSR count). The van der Waals surface area contributed by atoms with Gasteiger partial charge in [-0.2, -0.15) is 0 Å². The van der Waals surface area contributed by atoms with Crippen molar-refractivity contribution < 1.29 is 4.39 Å². The lowest BCUT2D eigenvalue weighted by molar-refractivity contribution is 0.379. The molecule has 0 unspecified atom stereocenters. The van der Waals surface area contributed by atoms with E-state index in [1.54, 1.807) is 11.5 Å². The van der Waals surface area contributed by atoms with Gasteiger partial charge in [-0.05, 0) is 45.3 Å². The number of rotatable bonds is 4. The van der Waals surface area contributed by atoms with E-state index in [1.807, 2.05) is 19.0 Å². The number of nitrogens with one attached hydrogen (secondary N) is 1. The lowest BCUT2D eigenvalue weighted by Crippen LogP contribution is -2.28. The molecule has 0 amide bonds. The molecule has 1 N–H and O–H groups in total. The number of benzene rings is 1. The van der Waals surface area contributed by atoms with Crippen molar-refractivity contribution >= 4 is 10.9 Å². The molecule has 0 radical (unpaired) electrons. The van der Waals surface area contributed by atoms with Crippen LogP contribution in [0.2, 0.25) is 0 Å². The zero-order valence-electron chi connectivity index (χ0n) is 13.8. The first-order valence-corrected chi connectivity index (χ1v) is 7.64. The van der Waals surface area contributed by atoms with Crippen molar-refractivity contribution in [2.24, 2.45) is 0 Å². The molecule has 126 valence electrons. The van der Waals surface area contributed by atoms with E-state index >= 15 is 0 Å². The Morgan fingerprint density at radius 2 is 1.83 bits per heavy atom. The predicted octanol–water partition coefficient (Wildman–Crippen LogP) is 1.49. The third-order valence-corrected chi connectivity index (χ3v) is 4.07. The topological polar surface area (TPSA) is 63.0 Å². The van der Waals surface area contributed by atoms with Crippen molar-refractivity contribution in [2.45, 2.75) is 13.5 Å². The number of hydrogen-bond acceptors (Lipinski definition) is 3. The van der Waals surface area contributed by atoms with Gasteiger partial charge in [0.25, 0.3) is 11.1 Å². The fourth-order valence-corrected chi connectivity index (χ4v) is 2.76. The van der Waals surface area contributed by atoms with Crippen LogP contribution in [0.1, 0.15) is 5.69 Å². The first kappa shape index (κ1) is 16.2. The van der Waals surface area contributed by atoms with Gasteiger partial charge in [0.15, 0.2) is 0 Å². The minimum Gasteiger partial charge on any atom is -0.311 e. The number of aryl methyl sites for hydroxylation is 1. The molecule has 2 aromatic heterocycles. The fraction of sp³-hybridized carbons (Fsp3) is 0.294. The summed E-state index contributed by atoms with van der Waals surface area (Å²) in [4.78, 5) is 27.1. The highest BCUT2D eigenvalue weighted by Crippen LogP contribution is 2.13. The number of pyridine rings is 1. The molecule has 3 aromatic rings. The van der Waals surface area contributed by atoms with Crippen LogP contribution >= 0.6 is 0 Å². The Morgan fingerprint density at radius 3 is 2.46 bits per heavy atom. The fourth-order valence-electron chi connectivity index (χ4n) is 2.76. The van der Waals surface area contributed by atoms with Crippen LogP contribution in [0.4, 0.5) is 4.39 Å². The molecule has 0 aliphatic heterocycles. The van der Waals surface area contributed by atoms with Crippen LogP contribution in [0.15, 0.2) is 39.9 Å². The monoisotopic (exact) mass is 330 g/mol. The normalized spacial score (nSPS) is 11.5. The van der Waals surface area contributed by atoms with Crippen molar-refractivity contribution in [2.75, 3.05) is 20.6 Å². The molecule has 6 nitrogen and oxygen atoms in total. The summed E-state index contributed by atoms with van der Waals surface area (Å²) < 4.78 is 16.0. The lowest BCUT2D eigenvalue weighted by atomic mass is 10.2. The molecule has 0 aliphatic carbocycles. The van der Waals surface area contributed by atoms with Gasteiger partial charge in [0.05, 0.1) is 16.6 Å². The van der Waals surface area contributed by atoms with Crippen LogP contribution in [0.5, 0.6) is 0 Å². The number of halogens is 1. The summed E-state index contributed by atoms with van der Waals surface area (Å²) >= 11 is 0. The number of aromatic amines is 1. The van der Waals surface area contributed by atoms with E-state index in [-0.39, 0.29) is 16.9 Å². The van der Waals surface area contributed by atoms with Crippen LogP contribution in [-0.4, -0.2) is 39.9 Å². The van der Waals surface area contributed by atoms with E-state index in [1.165, 1.54) is 35.0 Å². The molecular weight excluding hydrogens is 311 g/mol. The van der Waals surface area contributed by atoms with E-state index in [2.05, 4.69) is 5.10 Å². The molecule has 0 fully saturated rings. The van der Waals surface area contributed by atoms with Gasteiger partial charge in [-0.25, -0.2) is 9.07 Å². The maximum Gasteiger partial charge on any atom is 0.280 e. The quantitative estimate of drug-likeness (QED) is 0.788. The molecule has 0 saturated carbocycles. The maximum atomic E-state index is 13.1. The van der Waals surface area contributed by atoms with Crippen LogP contribution in [0.25, 0.3) is 16.6 Å². The standard InChI is InChI=1S/C17H19FN4O2/c1-11-16-14(10-15(23)21(11)9-8-20(2)3)19-22(17(16)24)13-6-4-12(18)5-7-13/h4-7,10,19H,8-9H2,1-3H3. The second-order valence-electron chi connectivity index (χ2n) is 6.04. The molecule has 24 heavy (non-hydrogen) atoms. The highest BCUT2D eigenvalue weighted by Gasteiger charge is 2.15. The summed E-state index contributed by atoms with van der Waals surface area (Å²) in [5, 5.41) is 3.40. The van der Waals surface area contributed by atoms with Gasteiger partial charge < -0.3 is 9.47 Å². The van der Waals surface area contributed by atoms with E-state index in [0.717, 1.165) is 0 Å². The Morgan fingerprint density at radius 1 is 1.17 bits per heavy atom. The second kappa shape index (κ2) is 6.09. The predicted molar refractivity (Wildman–Crippen MR) is 91.4 cm³/mol. The Kier molecular flexibility index (Phi) is 4.11. The van der Waals surface area contributed by atoms with E-state index < -0.39 is 0 Å². The lowest BCUT2D eigenvalue weighted by Gasteiger charge is -2.13. The molecule has 7 heteroatoms. The SMILES string of the molecule is Cc1c2c(=O)n(-c3ccc(F)cc3)[nH]c2cc(=O)n1CCN(C)C. The highest BCUT2D eigenvalue weighted by molar-refractivity contribution is 5.80. The molecule has 2 heterocycles. The number of fused-ring (bicyclic) bond motifs is 1. The van der Waals surface area contributed by atoms with Gasteiger partial charge >= 0.3 is 0 Å². The third-order valence-electron chi connectivity index (χ3n) is 4.07. The molecule has 0 aliphatic rings. The Balaban J connectivity index is 2.18. The Bertz CT molecular complexity index is 996. The Labute approximate surface area is 137 Å². The highest BCUT2D eigenvalue weighted by atomic mass is 19.1. The van der Waals surface area contributed by atoms with E-state index in [0.29, 0.717) is 35.4 Å². The number of H-pyrrole nitrogens is 1. The summed E-state index contributed by atoms with van der Waals surface area (Å²) in [7, 11) is 3.85. The first-order valence-electron chi connectivity index (χ1n) is 7.64. The van der Waals surface area contributed by atoms with Crippen molar-refractivity contribution in [1.29, 1.82) is 0 Å². The molecule has 0 saturated heterocycles. The largest absolute Gasteiger partial charge is 0.311 e. The Hall–Kier alpha value is -2.67. The summed E-state index contributed by atoms with van der Waals surface area (Å²) in [5.74, 6) is -0.373. The van der Waals surface area contributed by atoms with Crippen LogP contribution in [0.3, 0.4) is 0 Å². The zero-order valence-corrected chi connectivity index (χ0v) is 13.8. The maximum absolute atomic E-state index is 13.1. The summed E-state index contributed by atoms with van der Waals surface area (Å²) in [6.45, 7) is 2.97. The zero-order chi connectivity index (χ0) is 17.4. The van der Waals surface area contributed by atoms with Gasteiger partial charge in [-0.3, -0.25) is 14.7 Å².